The number of rotatable bonds is 0. The maximum atomic E-state index is 11.3. The summed E-state index contributed by atoms with van der Waals surface area (Å²) in [5.74, 6) is 0. The first-order valence-corrected chi connectivity index (χ1v) is 5.16. The van der Waals surface area contributed by atoms with Gasteiger partial charge in [-0.2, -0.15) is 0 Å². The van der Waals surface area contributed by atoms with Crippen molar-refractivity contribution in [3.05, 3.63) is 29.3 Å². The third-order valence-electron chi connectivity index (χ3n) is 2.64. The molecule has 3 heteroatoms. The standard InChI is InChI=1S/C12H16N2O/c1-12(2,3)9-6-4-5-8-7-13-11(15)14-10(8)9/h4-6H,7H2,1-3H3,(H2,13,14,15). The fourth-order valence-corrected chi connectivity index (χ4v) is 1.85. The van der Waals surface area contributed by atoms with Crippen molar-refractivity contribution in [1.82, 2.24) is 5.32 Å². The maximum Gasteiger partial charge on any atom is 0.319 e. The van der Waals surface area contributed by atoms with Crippen LogP contribution in [0.1, 0.15) is 31.9 Å². The zero-order valence-corrected chi connectivity index (χ0v) is 9.35. The van der Waals surface area contributed by atoms with Crippen LogP contribution < -0.4 is 10.6 Å². The minimum absolute atomic E-state index is 0.0516. The molecule has 0 saturated heterocycles. The van der Waals surface area contributed by atoms with E-state index in [2.05, 4.69) is 37.5 Å². The largest absolute Gasteiger partial charge is 0.334 e. The van der Waals surface area contributed by atoms with Crippen molar-refractivity contribution in [1.29, 1.82) is 0 Å². The Morgan fingerprint density at radius 1 is 1.27 bits per heavy atom. The van der Waals surface area contributed by atoms with E-state index in [1.165, 1.54) is 5.56 Å². The van der Waals surface area contributed by atoms with Crippen LogP contribution in [-0.4, -0.2) is 6.03 Å². The van der Waals surface area contributed by atoms with Crippen LogP contribution in [0.5, 0.6) is 0 Å². The third-order valence-corrected chi connectivity index (χ3v) is 2.64. The van der Waals surface area contributed by atoms with Gasteiger partial charge in [0, 0.05) is 6.54 Å². The van der Waals surface area contributed by atoms with Gasteiger partial charge in [-0.05, 0) is 16.5 Å². The Morgan fingerprint density at radius 3 is 2.67 bits per heavy atom. The summed E-state index contributed by atoms with van der Waals surface area (Å²) >= 11 is 0. The molecule has 0 aromatic heterocycles. The SMILES string of the molecule is CC(C)(C)c1cccc2c1NC(=O)NC2. The molecular weight excluding hydrogens is 188 g/mol. The Labute approximate surface area is 89.9 Å². The average molecular weight is 204 g/mol. The molecule has 1 aliphatic rings. The molecule has 3 nitrogen and oxygen atoms in total. The number of hydrogen-bond donors (Lipinski definition) is 2. The highest BCUT2D eigenvalue weighted by Crippen LogP contribution is 2.33. The number of nitrogens with one attached hydrogen (secondary N) is 2. The molecule has 0 saturated carbocycles. The lowest BCUT2D eigenvalue weighted by molar-refractivity contribution is 0.251. The lowest BCUT2D eigenvalue weighted by Crippen LogP contribution is -2.35. The Hall–Kier alpha value is -1.51. The molecule has 2 rings (SSSR count). The molecule has 0 spiro atoms. The zero-order chi connectivity index (χ0) is 11.1. The molecule has 0 aliphatic carbocycles. The van der Waals surface area contributed by atoms with Gasteiger partial charge in [0.2, 0.25) is 0 Å². The van der Waals surface area contributed by atoms with Crippen LogP contribution in [0.25, 0.3) is 0 Å². The summed E-state index contributed by atoms with van der Waals surface area (Å²) in [5, 5.41) is 5.65. The van der Waals surface area contributed by atoms with Gasteiger partial charge in [0.1, 0.15) is 0 Å². The number of fused-ring (bicyclic) bond motifs is 1. The second-order valence-electron chi connectivity index (χ2n) is 4.90. The van der Waals surface area contributed by atoms with E-state index in [0.29, 0.717) is 6.54 Å². The van der Waals surface area contributed by atoms with Gasteiger partial charge in [0.15, 0.2) is 0 Å². The molecule has 1 aromatic carbocycles. The molecule has 1 aromatic rings. The first-order chi connectivity index (χ1) is 6.98. The van der Waals surface area contributed by atoms with Crippen LogP contribution in [0.2, 0.25) is 0 Å². The van der Waals surface area contributed by atoms with Gasteiger partial charge in [-0.1, -0.05) is 39.0 Å². The predicted molar refractivity (Wildman–Crippen MR) is 61.0 cm³/mol. The summed E-state index contributed by atoms with van der Waals surface area (Å²) in [7, 11) is 0. The topological polar surface area (TPSA) is 41.1 Å². The van der Waals surface area contributed by atoms with E-state index in [4.69, 9.17) is 0 Å². The molecule has 0 radical (unpaired) electrons. The fraction of sp³-hybridized carbons (Fsp3) is 0.417. The molecule has 2 amide bonds. The highest BCUT2D eigenvalue weighted by molar-refractivity contribution is 5.93. The quantitative estimate of drug-likeness (QED) is 0.670. The molecule has 0 bridgehead atoms. The zero-order valence-electron chi connectivity index (χ0n) is 9.35. The smallest absolute Gasteiger partial charge is 0.319 e. The van der Waals surface area contributed by atoms with Gasteiger partial charge in [0.25, 0.3) is 0 Å². The number of benzene rings is 1. The van der Waals surface area contributed by atoms with Crippen molar-refractivity contribution >= 4 is 11.7 Å². The summed E-state index contributed by atoms with van der Waals surface area (Å²) in [6.45, 7) is 7.06. The van der Waals surface area contributed by atoms with Crippen LogP contribution in [0.4, 0.5) is 10.5 Å². The van der Waals surface area contributed by atoms with Gasteiger partial charge in [0.05, 0.1) is 5.69 Å². The number of anilines is 1. The van der Waals surface area contributed by atoms with E-state index in [9.17, 15) is 4.79 Å². The Balaban J connectivity index is 2.53. The minimum atomic E-state index is -0.112. The number of carbonyl (C=O) groups excluding carboxylic acids is 1. The molecule has 80 valence electrons. The Kier molecular flexibility index (Phi) is 2.18. The monoisotopic (exact) mass is 204 g/mol. The van der Waals surface area contributed by atoms with Crippen molar-refractivity contribution in [3.8, 4) is 0 Å². The lowest BCUT2D eigenvalue weighted by atomic mass is 9.84. The number of amides is 2. The third kappa shape index (κ3) is 1.82. The highest BCUT2D eigenvalue weighted by Gasteiger charge is 2.23. The highest BCUT2D eigenvalue weighted by atomic mass is 16.2. The number of urea groups is 1. The molecule has 2 N–H and O–H groups in total. The van der Waals surface area contributed by atoms with Crippen LogP contribution in [0, 0.1) is 0 Å². The second-order valence-corrected chi connectivity index (χ2v) is 4.90. The summed E-state index contributed by atoms with van der Waals surface area (Å²) < 4.78 is 0. The normalized spacial score (nSPS) is 15.3. The van der Waals surface area contributed by atoms with E-state index in [0.717, 1.165) is 11.3 Å². The van der Waals surface area contributed by atoms with Crippen molar-refractivity contribution in [2.45, 2.75) is 32.7 Å². The second kappa shape index (κ2) is 3.26. The fourth-order valence-electron chi connectivity index (χ4n) is 1.85. The summed E-state index contributed by atoms with van der Waals surface area (Å²) in [4.78, 5) is 11.3. The lowest BCUT2D eigenvalue weighted by Gasteiger charge is -2.27. The van der Waals surface area contributed by atoms with Crippen LogP contribution in [0.3, 0.4) is 0 Å². The van der Waals surface area contributed by atoms with Gasteiger partial charge in [-0.3, -0.25) is 0 Å². The summed E-state index contributed by atoms with van der Waals surface area (Å²) in [6, 6.07) is 6.04. The molecule has 0 unspecified atom stereocenters. The summed E-state index contributed by atoms with van der Waals surface area (Å²) in [5.41, 5.74) is 3.38. The van der Waals surface area contributed by atoms with E-state index >= 15 is 0 Å². The number of hydrogen-bond acceptors (Lipinski definition) is 1. The minimum Gasteiger partial charge on any atom is -0.334 e. The van der Waals surface area contributed by atoms with Crippen molar-refractivity contribution in [2.24, 2.45) is 0 Å². The van der Waals surface area contributed by atoms with Crippen molar-refractivity contribution in [2.75, 3.05) is 5.32 Å². The first kappa shape index (κ1) is 10.0. The summed E-state index contributed by atoms with van der Waals surface area (Å²) in [6.07, 6.45) is 0. The van der Waals surface area contributed by atoms with Gasteiger partial charge in [-0.25, -0.2) is 4.79 Å². The average Bonchev–Trinajstić information content (AvgIpc) is 2.15. The van der Waals surface area contributed by atoms with E-state index in [1.807, 2.05) is 12.1 Å². The molecular formula is C12H16N2O. The van der Waals surface area contributed by atoms with Crippen LogP contribution in [-0.2, 0) is 12.0 Å². The Bertz CT molecular complexity index is 405. The number of carbonyl (C=O) groups is 1. The molecule has 1 heterocycles. The van der Waals surface area contributed by atoms with Gasteiger partial charge >= 0.3 is 6.03 Å². The molecule has 0 atom stereocenters. The van der Waals surface area contributed by atoms with Crippen LogP contribution in [0.15, 0.2) is 18.2 Å². The molecule has 1 aliphatic heterocycles. The first-order valence-electron chi connectivity index (χ1n) is 5.16. The van der Waals surface area contributed by atoms with Crippen molar-refractivity contribution in [3.63, 3.8) is 0 Å². The molecule has 0 fully saturated rings. The maximum absolute atomic E-state index is 11.3. The van der Waals surface area contributed by atoms with Gasteiger partial charge < -0.3 is 10.6 Å². The van der Waals surface area contributed by atoms with E-state index < -0.39 is 0 Å². The van der Waals surface area contributed by atoms with E-state index in [-0.39, 0.29) is 11.4 Å². The van der Waals surface area contributed by atoms with Crippen LogP contribution >= 0.6 is 0 Å². The molecule has 15 heavy (non-hydrogen) atoms. The predicted octanol–water partition coefficient (Wildman–Crippen LogP) is 2.62. The van der Waals surface area contributed by atoms with Gasteiger partial charge in [-0.15, -0.1) is 0 Å². The number of para-hydroxylation sites is 1. The Morgan fingerprint density at radius 2 is 2.00 bits per heavy atom. The van der Waals surface area contributed by atoms with E-state index in [1.54, 1.807) is 0 Å². The van der Waals surface area contributed by atoms with Crippen molar-refractivity contribution < 1.29 is 4.79 Å².